The minimum Gasteiger partial charge on any atom is -0.305 e. The van der Waals surface area contributed by atoms with Crippen molar-refractivity contribution in [2.24, 2.45) is 7.05 Å². The molecular formula is C30H30FN7O2S. The summed E-state index contributed by atoms with van der Waals surface area (Å²) in [4.78, 5) is 35.3. The fraction of sp³-hybridized carbons (Fsp3) is 0.233. The lowest BCUT2D eigenvalue weighted by molar-refractivity contribution is 0.262. The van der Waals surface area contributed by atoms with Crippen molar-refractivity contribution >= 4 is 40.3 Å². The second-order valence-electron chi connectivity index (χ2n) is 10.7. The normalized spacial score (nSPS) is 11.6. The van der Waals surface area contributed by atoms with Gasteiger partial charge in [0.1, 0.15) is 17.3 Å². The van der Waals surface area contributed by atoms with Crippen LogP contribution in [-0.4, -0.2) is 36.6 Å². The third-order valence-electron chi connectivity index (χ3n) is 6.68. The Labute approximate surface area is 240 Å². The van der Waals surface area contributed by atoms with Gasteiger partial charge in [0.05, 0.1) is 17.1 Å². The first-order valence-corrected chi connectivity index (χ1v) is 14.1. The number of nitrogens with zero attached hydrogens (tertiary/aromatic N) is 5. The number of hydrogen-bond donors (Lipinski definition) is 2. The van der Waals surface area contributed by atoms with Gasteiger partial charge in [0.25, 0.3) is 5.56 Å². The van der Waals surface area contributed by atoms with E-state index in [-0.39, 0.29) is 16.7 Å². The Morgan fingerprint density at radius 1 is 1.02 bits per heavy atom. The van der Waals surface area contributed by atoms with Gasteiger partial charge in [-0.3, -0.25) is 14.7 Å². The Morgan fingerprint density at radius 3 is 2.44 bits per heavy atom. The molecule has 41 heavy (non-hydrogen) atoms. The van der Waals surface area contributed by atoms with E-state index >= 15 is 4.39 Å². The number of urea groups is 1. The number of carbonyl (C=O) groups excluding carboxylic acids is 1. The quantitative estimate of drug-likeness (QED) is 0.190. The summed E-state index contributed by atoms with van der Waals surface area (Å²) in [6, 6.07) is 15.0. The van der Waals surface area contributed by atoms with Gasteiger partial charge in [-0.15, -0.1) is 0 Å². The van der Waals surface area contributed by atoms with Crippen LogP contribution in [0.5, 0.6) is 0 Å². The minimum absolute atomic E-state index is 0.0685. The van der Waals surface area contributed by atoms with Gasteiger partial charge in [0, 0.05) is 35.7 Å². The van der Waals surface area contributed by atoms with E-state index in [1.165, 1.54) is 28.5 Å². The summed E-state index contributed by atoms with van der Waals surface area (Å²) in [5.74, 6) is -0.196. The fourth-order valence-corrected chi connectivity index (χ4v) is 4.79. The van der Waals surface area contributed by atoms with Crippen molar-refractivity contribution in [2.45, 2.75) is 38.3 Å². The van der Waals surface area contributed by atoms with Crippen molar-refractivity contribution < 1.29 is 9.18 Å². The monoisotopic (exact) mass is 571 g/mol. The van der Waals surface area contributed by atoms with Crippen molar-refractivity contribution in [2.75, 3.05) is 16.9 Å². The molecule has 5 rings (SSSR count). The van der Waals surface area contributed by atoms with E-state index < -0.39 is 11.8 Å². The number of amides is 2. The Morgan fingerprint density at radius 2 is 1.76 bits per heavy atom. The summed E-state index contributed by atoms with van der Waals surface area (Å²) in [6.07, 6.45) is 3.52. The van der Waals surface area contributed by atoms with Gasteiger partial charge in [0.2, 0.25) is 0 Å². The molecule has 210 valence electrons. The van der Waals surface area contributed by atoms with Crippen molar-refractivity contribution in [1.82, 2.24) is 24.3 Å². The van der Waals surface area contributed by atoms with Gasteiger partial charge < -0.3 is 5.32 Å². The minimum atomic E-state index is -0.652. The fourth-order valence-electron chi connectivity index (χ4n) is 4.45. The predicted molar refractivity (Wildman–Crippen MR) is 162 cm³/mol. The number of aryl methyl sites for hydroxylation is 2. The Kier molecular flexibility index (Phi) is 7.39. The number of hydrogen-bond acceptors (Lipinski definition) is 6. The Bertz CT molecular complexity index is 1840. The number of aromatic nitrogens is 5. The standard InChI is InChI=1S/C30H30FN7O2S/c1-17-12-22(31)23(14-20(17)21-13-18-16-32-29(41-6)35-26(18)37(5)27(21)39)33-28(40)34-25-15-24(30(2,3)4)36-38(25)19-10-8-7-9-11-19/h7-16H,1-6H3,(H2,33,34,40). The molecule has 2 aromatic carbocycles. The molecule has 9 nitrogen and oxygen atoms in total. The van der Waals surface area contributed by atoms with Crippen LogP contribution in [0.3, 0.4) is 0 Å². The van der Waals surface area contributed by atoms with Crippen LogP contribution in [0.1, 0.15) is 32.0 Å². The molecule has 0 unspecified atom stereocenters. The molecule has 5 aromatic rings. The number of nitrogens with one attached hydrogen (secondary N) is 2. The maximum absolute atomic E-state index is 15.1. The Balaban J connectivity index is 1.49. The molecule has 0 aliphatic carbocycles. The smallest absolute Gasteiger partial charge is 0.305 e. The van der Waals surface area contributed by atoms with Crippen molar-refractivity contribution in [3.8, 4) is 16.8 Å². The molecule has 0 aliphatic heterocycles. The zero-order chi connectivity index (χ0) is 29.5. The average Bonchev–Trinajstić information content (AvgIpc) is 3.37. The molecule has 0 spiro atoms. The first-order valence-electron chi connectivity index (χ1n) is 12.9. The van der Waals surface area contributed by atoms with Gasteiger partial charge in [-0.1, -0.05) is 50.7 Å². The largest absolute Gasteiger partial charge is 0.324 e. The number of para-hydroxylation sites is 1. The number of pyridine rings is 1. The van der Waals surface area contributed by atoms with Gasteiger partial charge in [-0.2, -0.15) is 5.10 Å². The highest BCUT2D eigenvalue weighted by molar-refractivity contribution is 7.98. The molecule has 3 heterocycles. The third kappa shape index (κ3) is 5.58. The van der Waals surface area contributed by atoms with E-state index in [0.717, 1.165) is 11.4 Å². The van der Waals surface area contributed by atoms with Gasteiger partial charge in [0.15, 0.2) is 5.16 Å². The number of thioether (sulfide) groups is 1. The zero-order valence-corrected chi connectivity index (χ0v) is 24.4. The van der Waals surface area contributed by atoms with Crippen LogP contribution < -0.4 is 16.2 Å². The lowest BCUT2D eigenvalue weighted by Gasteiger charge is -2.14. The molecule has 3 aromatic heterocycles. The van der Waals surface area contributed by atoms with E-state index in [2.05, 4.69) is 20.6 Å². The molecule has 0 saturated carbocycles. The number of rotatable bonds is 5. The van der Waals surface area contributed by atoms with E-state index in [9.17, 15) is 9.59 Å². The zero-order valence-electron chi connectivity index (χ0n) is 23.6. The van der Waals surface area contributed by atoms with Crippen molar-refractivity contribution in [3.05, 3.63) is 88.2 Å². The van der Waals surface area contributed by atoms with Crippen molar-refractivity contribution in [3.63, 3.8) is 0 Å². The van der Waals surface area contributed by atoms with Gasteiger partial charge in [-0.05, 0) is 54.6 Å². The van der Waals surface area contributed by atoms with Crippen LogP contribution in [0.25, 0.3) is 27.8 Å². The maximum atomic E-state index is 15.1. The van der Waals surface area contributed by atoms with Crippen LogP contribution in [0.4, 0.5) is 20.7 Å². The average molecular weight is 572 g/mol. The number of fused-ring (bicyclic) bond motifs is 1. The van der Waals surface area contributed by atoms with Crippen LogP contribution >= 0.6 is 11.8 Å². The summed E-state index contributed by atoms with van der Waals surface area (Å²) in [6.45, 7) is 7.81. The summed E-state index contributed by atoms with van der Waals surface area (Å²) >= 11 is 1.38. The number of carbonyl (C=O) groups is 1. The molecular weight excluding hydrogens is 541 g/mol. The van der Waals surface area contributed by atoms with E-state index in [0.29, 0.717) is 38.7 Å². The maximum Gasteiger partial charge on any atom is 0.324 e. The topological polar surface area (TPSA) is 107 Å². The highest BCUT2D eigenvalue weighted by atomic mass is 32.2. The molecule has 0 atom stereocenters. The molecule has 0 radical (unpaired) electrons. The first-order chi connectivity index (χ1) is 19.5. The van der Waals surface area contributed by atoms with E-state index in [1.807, 2.05) is 57.4 Å². The molecule has 0 bridgehead atoms. The first kappa shape index (κ1) is 28.0. The van der Waals surface area contributed by atoms with Crippen LogP contribution in [0, 0.1) is 12.7 Å². The summed E-state index contributed by atoms with van der Waals surface area (Å²) < 4.78 is 18.2. The van der Waals surface area contributed by atoms with E-state index in [1.54, 1.807) is 37.0 Å². The van der Waals surface area contributed by atoms with Crippen molar-refractivity contribution in [1.29, 1.82) is 0 Å². The summed E-state index contributed by atoms with van der Waals surface area (Å²) in [7, 11) is 1.64. The highest BCUT2D eigenvalue weighted by Gasteiger charge is 2.22. The second-order valence-corrected chi connectivity index (χ2v) is 11.5. The number of halogens is 1. The SMILES string of the molecule is CSc1ncc2cc(-c3cc(NC(=O)Nc4cc(C(C)(C)C)nn4-c4ccccc4)c(F)cc3C)c(=O)n(C)c2n1. The third-order valence-corrected chi connectivity index (χ3v) is 7.24. The lowest BCUT2D eigenvalue weighted by atomic mass is 9.92. The molecule has 2 N–H and O–H groups in total. The molecule has 0 aliphatic rings. The van der Waals surface area contributed by atoms with Gasteiger partial charge >= 0.3 is 6.03 Å². The van der Waals surface area contributed by atoms with E-state index in [4.69, 9.17) is 5.10 Å². The summed E-state index contributed by atoms with van der Waals surface area (Å²) in [5.41, 5.74) is 2.79. The number of anilines is 2. The molecule has 0 fully saturated rings. The molecule has 0 saturated heterocycles. The lowest BCUT2D eigenvalue weighted by Crippen LogP contribution is -2.22. The highest BCUT2D eigenvalue weighted by Crippen LogP contribution is 2.30. The predicted octanol–water partition coefficient (Wildman–Crippen LogP) is 6.29. The van der Waals surface area contributed by atoms with Crippen LogP contribution in [0.2, 0.25) is 0 Å². The van der Waals surface area contributed by atoms with Gasteiger partial charge in [-0.25, -0.2) is 23.8 Å². The molecule has 11 heteroatoms. The second kappa shape index (κ2) is 10.8. The van der Waals surface area contributed by atoms with Crippen LogP contribution in [-0.2, 0) is 12.5 Å². The Hall–Kier alpha value is -4.51. The summed E-state index contributed by atoms with van der Waals surface area (Å²) in [5, 5.41) is 11.3. The molecule has 2 amide bonds. The number of benzene rings is 2. The van der Waals surface area contributed by atoms with Crippen LogP contribution in [0.15, 0.2) is 70.7 Å².